The Morgan fingerprint density at radius 1 is 1.33 bits per heavy atom. The first-order chi connectivity index (χ1) is 11.3. The Kier molecular flexibility index (Phi) is 7.70. The molecule has 2 aliphatic heterocycles. The maximum Gasteiger partial charge on any atom is 0.193 e. The second-order valence-electron chi connectivity index (χ2n) is 6.07. The molecule has 2 heterocycles. The number of ether oxygens (including phenoxy) is 1. The van der Waals surface area contributed by atoms with E-state index in [-0.39, 0.29) is 29.8 Å². The molecule has 1 N–H and O–H groups in total. The quantitative estimate of drug-likeness (QED) is 0.436. The molecule has 0 aromatic heterocycles. The smallest absolute Gasteiger partial charge is 0.193 e. The molecule has 1 aromatic carbocycles. The number of hydrogen-bond donors (Lipinski definition) is 1. The number of hydrogen-bond acceptors (Lipinski definition) is 3. The molecule has 2 saturated heterocycles. The van der Waals surface area contributed by atoms with Crippen molar-refractivity contribution in [2.24, 2.45) is 4.99 Å². The summed E-state index contributed by atoms with van der Waals surface area (Å²) in [6.45, 7) is 6.30. The number of likely N-dealkylation sites (tertiary alicyclic amines) is 1. The lowest BCUT2D eigenvalue weighted by atomic mass is 10.2. The molecular formula is C17H26FIN4O. The topological polar surface area (TPSA) is 40.1 Å². The third-order valence-electron chi connectivity index (χ3n) is 4.58. The van der Waals surface area contributed by atoms with Gasteiger partial charge in [-0.1, -0.05) is 12.1 Å². The fourth-order valence-corrected chi connectivity index (χ4v) is 3.34. The fourth-order valence-electron chi connectivity index (χ4n) is 3.34. The zero-order valence-electron chi connectivity index (χ0n) is 14.1. The number of nitrogens with one attached hydrogen (secondary N) is 1. The van der Waals surface area contributed by atoms with Crippen LogP contribution in [0.15, 0.2) is 29.3 Å². The Labute approximate surface area is 160 Å². The Balaban J connectivity index is 0.00000208. The van der Waals surface area contributed by atoms with E-state index in [0.29, 0.717) is 12.6 Å². The molecule has 134 valence electrons. The van der Waals surface area contributed by atoms with E-state index < -0.39 is 0 Å². The standard InChI is InChI=1S/C17H25FN4O.HI/c1-19-17(20-12-14-3-2-4-15(18)11-14)22-6-5-16(13-22)21-7-9-23-10-8-21;/h2-4,11,16H,5-10,12-13H2,1H3,(H,19,20);1H. The number of benzene rings is 1. The summed E-state index contributed by atoms with van der Waals surface area (Å²) in [5.74, 6) is 0.692. The van der Waals surface area contributed by atoms with Crippen molar-refractivity contribution < 1.29 is 9.13 Å². The summed E-state index contributed by atoms with van der Waals surface area (Å²) in [6, 6.07) is 7.25. The maximum absolute atomic E-state index is 13.2. The van der Waals surface area contributed by atoms with E-state index in [1.807, 2.05) is 6.07 Å². The monoisotopic (exact) mass is 448 g/mol. The lowest BCUT2D eigenvalue weighted by Gasteiger charge is -2.32. The molecular weight excluding hydrogens is 422 g/mol. The molecule has 0 amide bonds. The average Bonchev–Trinajstić information content (AvgIpc) is 3.06. The van der Waals surface area contributed by atoms with Gasteiger partial charge in [0.05, 0.1) is 13.2 Å². The van der Waals surface area contributed by atoms with Crippen LogP contribution >= 0.6 is 24.0 Å². The van der Waals surface area contributed by atoms with Gasteiger partial charge in [-0.05, 0) is 24.1 Å². The van der Waals surface area contributed by atoms with Gasteiger partial charge in [0.15, 0.2) is 5.96 Å². The highest BCUT2D eigenvalue weighted by atomic mass is 127. The molecule has 24 heavy (non-hydrogen) atoms. The van der Waals surface area contributed by atoms with Crippen molar-refractivity contribution >= 4 is 29.9 Å². The van der Waals surface area contributed by atoms with Crippen molar-refractivity contribution in [2.45, 2.75) is 19.0 Å². The van der Waals surface area contributed by atoms with Crippen LogP contribution < -0.4 is 5.32 Å². The minimum absolute atomic E-state index is 0. The molecule has 7 heteroatoms. The molecule has 1 unspecified atom stereocenters. The van der Waals surface area contributed by atoms with Crippen LogP contribution in [-0.4, -0.2) is 68.2 Å². The SMILES string of the molecule is CN=C(NCc1cccc(F)c1)N1CCC(N2CCOCC2)C1.I. The van der Waals surface area contributed by atoms with Crippen molar-refractivity contribution in [1.29, 1.82) is 0 Å². The van der Waals surface area contributed by atoms with E-state index in [1.165, 1.54) is 6.07 Å². The van der Waals surface area contributed by atoms with Crippen LogP contribution in [0.5, 0.6) is 0 Å². The lowest BCUT2D eigenvalue weighted by Crippen LogP contribution is -2.46. The van der Waals surface area contributed by atoms with E-state index in [9.17, 15) is 4.39 Å². The Morgan fingerprint density at radius 3 is 2.83 bits per heavy atom. The minimum atomic E-state index is -0.201. The van der Waals surface area contributed by atoms with Gasteiger partial charge in [0.2, 0.25) is 0 Å². The summed E-state index contributed by atoms with van der Waals surface area (Å²) in [7, 11) is 1.80. The molecule has 1 atom stereocenters. The Bertz CT molecular complexity index is 551. The number of halogens is 2. The third kappa shape index (κ3) is 5.03. The van der Waals surface area contributed by atoms with Crippen molar-refractivity contribution in [1.82, 2.24) is 15.1 Å². The minimum Gasteiger partial charge on any atom is -0.379 e. The molecule has 0 spiro atoms. The zero-order chi connectivity index (χ0) is 16.1. The van der Waals surface area contributed by atoms with E-state index in [1.54, 1.807) is 19.2 Å². The highest BCUT2D eigenvalue weighted by Crippen LogP contribution is 2.17. The average molecular weight is 448 g/mol. The van der Waals surface area contributed by atoms with Gasteiger partial charge in [-0.2, -0.15) is 0 Å². The van der Waals surface area contributed by atoms with Gasteiger partial charge < -0.3 is 15.0 Å². The summed E-state index contributed by atoms with van der Waals surface area (Å²) in [6.07, 6.45) is 1.15. The first kappa shape index (κ1) is 19.4. The molecule has 2 aliphatic rings. The van der Waals surface area contributed by atoms with Crippen LogP contribution in [0.25, 0.3) is 0 Å². The highest BCUT2D eigenvalue weighted by Gasteiger charge is 2.30. The Hall–Kier alpha value is -0.930. The molecule has 3 rings (SSSR count). The summed E-state index contributed by atoms with van der Waals surface area (Å²) >= 11 is 0. The molecule has 1 aromatic rings. The van der Waals surface area contributed by atoms with Crippen molar-refractivity contribution in [3.05, 3.63) is 35.6 Å². The number of aliphatic imine (C=N–C) groups is 1. The lowest BCUT2D eigenvalue weighted by molar-refractivity contribution is 0.0195. The van der Waals surface area contributed by atoms with Gasteiger partial charge >= 0.3 is 0 Å². The second kappa shape index (κ2) is 9.53. The van der Waals surface area contributed by atoms with Gasteiger partial charge in [-0.25, -0.2) is 4.39 Å². The van der Waals surface area contributed by atoms with E-state index in [0.717, 1.165) is 57.3 Å². The maximum atomic E-state index is 13.2. The van der Waals surface area contributed by atoms with E-state index in [2.05, 4.69) is 20.1 Å². The number of guanidine groups is 1. The predicted octanol–water partition coefficient (Wildman–Crippen LogP) is 1.93. The van der Waals surface area contributed by atoms with Gasteiger partial charge in [0.25, 0.3) is 0 Å². The van der Waals surface area contributed by atoms with Crippen molar-refractivity contribution in [2.75, 3.05) is 46.4 Å². The van der Waals surface area contributed by atoms with Gasteiger partial charge in [-0.3, -0.25) is 9.89 Å². The molecule has 0 saturated carbocycles. The summed E-state index contributed by atoms with van der Waals surface area (Å²) < 4.78 is 18.7. The van der Waals surface area contributed by atoms with Crippen LogP contribution in [0.2, 0.25) is 0 Å². The molecule has 5 nitrogen and oxygen atoms in total. The van der Waals surface area contributed by atoms with Gasteiger partial charge in [0.1, 0.15) is 5.82 Å². The van der Waals surface area contributed by atoms with Crippen LogP contribution in [0.1, 0.15) is 12.0 Å². The molecule has 0 aliphatic carbocycles. The van der Waals surface area contributed by atoms with Crippen LogP contribution in [0.4, 0.5) is 4.39 Å². The molecule has 0 radical (unpaired) electrons. The zero-order valence-corrected chi connectivity index (χ0v) is 16.4. The van der Waals surface area contributed by atoms with Crippen LogP contribution in [-0.2, 0) is 11.3 Å². The third-order valence-corrected chi connectivity index (χ3v) is 4.58. The van der Waals surface area contributed by atoms with E-state index >= 15 is 0 Å². The molecule has 0 bridgehead atoms. The van der Waals surface area contributed by atoms with Gasteiger partial charge in [0, 0.05) is 45.8 Å². The molecule has 2 fully saturated rings. The second-order valence-corrected chi connectivity index (χ2v) is 6.07. The summed E-state index contributed by atoms with van der Waals surface area (Å²) in [4.78, 5) is 9.19. The van der Waals surface area contributed by atoms with Gasteiger partial charge in [-0.15, -0.1) is 24.0 Å². The van der Waals surface area contributed by atoms with E-state index in [4.69, 9.17) is 4.74 Å². The van der Waals surface area contributed by atoms with Crippen molar-refractivity contribution in [3.8, 4) is 0 Å². The first-order valence-corrected chi connectivity index (χ1v) is 8.28. The summed E-state index contributed by atoms with van der Waals surface area (Å²) in [5.41, 5.74) is 0.926. The summed E-state index contributed by atoms with van der Waals surface area (Å²) in [5, 5.41) is 3.34. The van der Waals surface area contributed by atoms with Crippen LogP contribution in [0.3, 0.4) is 0 Å². The number of rotatable bonds is 3. The first-order valence-electron chi connectivity index (χ1n) is 8.28. The van der Waals surface area contributed by atoms with Crippen molar-refractivity contribution in [3.63, 3.8) is 0 Å². The fraction of sp³-hybridized carbons (Fsp3) is 0.588. The van der Waals surface area contributed by atoms with Crippen LogP contribution in [0, 0.1) is 5.82 Å². The Morgan fingerprint density at radius 2 is 2.12 bits per heavy atom. The normalized spacial score (nSPS) is 22.3. The number of nitrogens with zero attached hydrogens (tertiary/aromatic N) is 3. The number of morpholine rings is 1. The predicted molar refractivity (Wildman–Crippen MR) is 104 cm³/mol. The highest BCUT2D eigenvalue weighted by molar-refractivity contribution is 14.0. The largest absolute Gasteiger partial charge is 0.379 e.